The van der Waals surface area contributed by atoms with E-state index < -0.39 is 35.9 Å². The molecule has 3 aromatic rings. The van der Waals surface area contributed by atoms with Crippen molar-refractivity contribution in [2.45, 2.75) is 18.9 Å². The van der Waals surface area contributed by atoms with Crippen molar-refractivity contribution in [1.29, 1.82) is 0 Å². The molecule has 0 fully saturated rings. The van der Waals surface area contributed by atoms with Gasteiger partial charge >= 0.3 is 12.4 Å². The van der Waals surface area contributed by atoms with Crippen LogP contribution in [0.4, 0.5) is 26.3 Å². The standard InChI is InChI=1S/C22H14BrF6NO/c23-19-8-4-3-6-17(19)16-5-1-2-7-18(16)20(31)30-12-13-9-14(21(24,25)26)11-15(10-13)22(27,28)29/h1-11H,12H2,(H,30,31). The van der Waals surface area contributed by atoms with Crippen molar-refractivity contribution >= 4 is 21.8 Å². The third-order valence-corrected chi connectivity index (χ3v) is 5.13. The third kappa shape index (κ3) is 5.46. The number of carbonyl (C=O) groups is 1. The predicted molar refractivity (Wildman–Crippen MR) is 107 cm³/mol. The highest BCUT2D eigenvalue weighted by Gasteiger charge is 2.36. The second-order valence-electron chi connectivity index (χ2n) is 6.62. The Morgan fingerprint density at radius 2 is 1.29 bits per heavy atom. The average Bonchev–Trinajstić information content (AvgIpc) is 2.71. The molecule has 0 radical (unpaired) electrons. The lowest BCUT2D eigenvalue weighted by Crippen LogP contribution is -2.24. The molecule has 1 amide bonds. The van der Waals surface area contributed by atoms with Crippen LogP contribution in [0, 0.1) is 0 Å². The van der Waals surface area contributed by atoms with Gasteiger partial charge in [0.1, 0.15) is 0 Å². The number of nitrogens with one attached hydrogen (secondary N) is 1. The van der Waals surface area contributed by atoms with E-state index in [9.17, 15) is 31.1 Å². The zero-order valence-electron chi connectivity index (χ0n) is 15.6. The minimum Gasteiger partial charge on any atom is -0.348 e. The fourth-order valence-corrected chi connectivity index (χ4v) is 3.49. The molecule has 9 heteroatoms. The molecule has 0 aliphatic carbocycles. The number of amides is 1. The summed E-state index contributed by atoms with van der Waals surface area (Å²) >= 11 is 3.40. The van der Waals surface area contributed by atoms with Crippen LogP contribution in [0.5, 0.6) is 0 Å². The normalized spacial score (nSPS) is 12.0. The number of alkyl halides is 6. The number of hydrogen-bond acceptors (Lipinski definition) is 1. The summed E-state index contributed by atoms with van der Waals surface area (Å²) in [5.41, 5.74) is -1.66. The SMILES string of the molecule is O=C(NCc1cc(C(F)(F)F)cc(C(F)(F)F)c1)c1ccccc1-c1ccccc1Br. The zero-order valence-corrected chi connectivity index (χ0v) is 17.2. The maximum atomic E-state index is 13.0. The fourth-order valence-electron chi connectivity index (χ4n) is 2.99. The summed E-state index contributed by atoms with van der Waals surface area (Å²) in [6, 6.07) is 14.9. The van der Waals surface area contributed by atoms with Crippen molar-refractivity contribution in [3.63, 3.8) is 0 Å². The number of carbonyl (C=O) groups excluding carboxylic acids is 1. The lowest BCUT2D eigenvalue weighted by molar-refractivity contribution is -0.143. The topological polar surface area (TPSA) is 29.1 Å². The smallest absolute Gasteiger partial charge is 0.348 e. The molecule has 0 heterocycles. The van der Waals surface area contributed by atoms with Crippen LogP contribution in [0.15, 0.2) is 71.2 Å². The molecule has 0 saturated heterocycles. The molecule has 0 aliphatic rings. The van der Waals surface area contributed by atoms with Gasteiger partial charge in [0.25, 0.3) is 5.91 Å². The molecule has 0 unspecified atom stereocenters. The van der Waals surface area contributed by atoms with Gasteiger partial charge in [0.15, 0.2) is 0 Å². The largest absolute Gasteiger partial charge is 0.416 e. The third-order valence-electron chi connectivity index (χ3n) is 4.44. The molecule has 3 rings (SSSR count). The van der Waals surface area contributed by atoms with E-state index in [-0.39, 0.29) is 17.2 Å². The highest BCUT2D eigenvalue weighted by atomic mass is 79.9. The summed E-state index contributed by atoms with van der Waals surface area (Å²) in [5, 5.41) is 2.41. The van der Waals surface area contributed by atoms with Crippen LogP contribution in [-0.4, -0.2) is 5.91 Å². The second kappa shape index (κ2) is 8.74. The molecule has 0 spiro atoms. The highest BCUT2D eigenvalue weighted by molar-refractivity contribution is 9.10. The van der Waals surface area contributed by atoms with E-state index in [1.54, 1.807) is 42.5 Å². The van der Waals surface area contributed by atoms with Crippen LogP contribution in [0.2, 0.25) is 0 Å². The van der Waals surface area contributed by atoms with E-state index in [1.807, 2.05) is 0 Å². The Morgan fingerprint density at radius 3 is 1.84 bits per heavy atom. The molecule has 31 heavy (non-hydrogen) atoms. The Bertz CT molecular complexity index is 1080. The maximum Gasteiger partial charge on any atom is 0.416 e. The highest BCUT2D eigenvalue weighted by Crippen LogP contribution is 2.36. The van der Waals surface area contributed by atoms with Gasteiger partial charge in [0.05, 0.1) is 11.1 Å². The number of benzene rings is 3. The maximum absolute atomic E-state index is 13.0. The van der Waals surface area contributed by atoms with Crippen LogP contribution in [0.25, 0.3) is 11.1 Å². The number of hydrogen-bond donors (Lipinski definition) is 1. The summed E-state index contributed by atoms with van der Waals surface area (Å²) < 4.78 is 78.8. The summed E-state index contributed by atoms with van der Waals surface area (Å²) in [4.78, 5) is 12.7. The molecular weight excluding hydrogens is 488 g/mol. The van der Waals surface area contributed by atoms with Gasteiger partial charge in [-0.2, -0.15) is 26.3 Å². The van der Waals surface area contributed by atoms with Gasteiger partial charge in [-0.15, -0.1) is 0 Å². The first-order valence-electron chi connectivity index (χ1n) is 8.87. The number of rotatable bonds is 4. The molecule has 0 atom stereocenters. The van der Waals surface area contributed by atoms with Crippen molar-refractivity contribution in [2.24, 2.45) is 0 Å². The molecule has 0 saturated carbocycles. The van der Waals surface area contributed by atoms with Crippen LogP contribution < -0.4 is 5.32 Å². The summed E-state index contributed by atoms with van der Waals surface area (Å²) in [7, 11) is 0. The number of halogens is 7. The van der Waals surface area contributed by atoms with Crippen molar-refractivity contribution in [1.82, 2.24) is 5.32 Å². The van der Waals surface area contributed by atoms with Gasteiger partial charge in [0, 0.05) is 16.6 Å². The molecule has 0 bridgehead atoms. The molecule has 0 aromatic heterocycles. The first-order chi connectivity index (χ1) is 14.5. The Labute approximate surface area is 182 Å². The van der Waals surface area contributed by atoms with Crippen molar-refractivity contribution in [3.05, 3.63) is 93.5 Å². The van der Waals surface area contributed by atoms with Gasteiger partial charge in [-0.3, -0.25) is 4.79 Å². The van der Waals surface area contributed by atoms with Crippen LogP contribution in [0.3, 0.4) is 0 Å². The van der Waals surface area contributed by atoms with Gasteiger partial charge in [-0.1, -0.05) is 52.3 Å². The molecular formula is C22H14BrF6NO. The molecule has 1 N–H and O–H groups in total. The predicted octanol–water partition coefficient (Wildman–Crippen LogP) is 7.08. The Kier molecular flexibility index (Phi) is 6.45. The van der Waals surface area contributed by atoms with Crippen LogP contribution >= 0.6 is 15.9 Å². The molecule has 2 nitrogen and oxygen atoms in total. The second-order valence-corrected chi connectivity index (χ2v) is 7.48. The Morgan fingerprint density at radius 1 is 0.774 bits per heavy atom. The minimum atomic E-state index is -4.95. The van der Waals surface area contributed by atoms with Crippen molar-refractivity contribution in [3.8, 4) is 11.1 Å². The average molecular weight is 502 g/mol. The van der Waals surface area contributed by atoms with Gasteiger partial charge in [0.2, 0.25) is 0 Å². The minimum absolute atomic E-state index is 0.0492. The quantitative estimate of drug-likeness (QED) is 0.380. The van der Waals surface area contributed by atoms with Gasteiger partial charge in [-0.25, -0.2) is 0 Å². The molecule has 0 aliphatic heterocycles. The fraction of sp³-hybridized carbons (Fsp3) is 0.136. The first kappa shape index (κ1) is 22.9. The summed E-state index contributed by atoms with van der Waals surface area (Å²) in [6.07, 6.45) is -9.90. The van der Waals surface area contributed by atoms with Crippen LogP contribution in [0.1, 0.15) is 27.0 Å². The molecule has 3 aromatic carbocycles. The lowest BCUT2D eigenvalue weighted by Gasteiger charge is -2.15. The first-order valence-corrected chi connectivity index (χ1v) is 9.66. The lowest BCUT2D eigenvalue weighted by atomic mass is 9.99. The van der Waals surface area contributed by atoms with E-state index in [2.05, 4.69) is 21.2 Å². The Balaban J connectivity index is 1.89. The van der Waals surface area contributed by atoms with Crippen molar-refractivity contribution < 1.29 is 31.1 Å². The van der Waals surface area contributed by atoms with E-state index in [0.29, 0.717) is 23.3 Å². The summed E-state index contributed by atoms with van der Waals surface area (Å²) in [6.45, 7) is -0.504. The summed E-state index contributed by atoms with van der Waals surface area (Å²) in [5.74, 6) is -0.627. The monoisotopic (exact) mass is 501 g/mol. The molecule has 162 valence electrons. The van der Waals surface area contributed by atoms with Crippen molar-refractivity contribution in [2.75, 3.05) is 0 Å². The van der Waals surface area contributed by atoms with Gasteiger partial charge < -0.3 is 5.32 Å². The van der Waals surface area contributed by atoms with E-state index in [1.165, 1.54) is 6.07 Å². The van der Waals surface area contributed by atoms with E-state index in [4.69, 9.17) is 0 Å². The zero-order chi connectivity index (χ0) is 22.8. The Hall–Kier alpha value is -2.81. The van der Waals surface area contributed by atoms with Crippen LogP contribution in [-0.2, 0) is 18.9 Å². The van der Waals surface area contributed by atoms with Gasteiger partial charge in [-0.05, 0) is 47.0 Å². The van der Waals surface area contributed by atoms with E-state index in [0.717, 1.165) is 4.47 Å². The van der Waals surface area contributed by atoms with E-state index >= 15 is 0 Å².